The molecule has 0 radical (unpaired) electrons. The van der Waals surface area contributed by atoms with Crippen LogP contribution in [0.15, 0.2) is 24.3 Å². The van der Waals surface area contributed by atoms with Crippen LogP contribution in [-0.4, -0.2) is 29.9 Å². The summed E-state index contributed by atoms with van der Waals surface area (Å²) in [6.07, 6.45) is 0.0373. The van der Waals surface area contributed by atoms with Gasteiger partial charge in [-0.1, -0.05) is 19.1 Å². The van der Waals surface area contributed by atoms with Crippen molar-refractivity contribution >= 4 is 0 Å². The summed E-state index contributed by atoms with van der Waals surface area (Å²) in [6, 6.07) is 5.98. The molecule has 0 aliphatic rings. The lowest BCUT2D eigenvalue weighted by molar-refractivity contribution is 0.171. The van der Waals surface area contributed by atoms with Crippen LogP contribution in [0, 0.1) is 11.7 Å². The van der Waals surface area contributed by atoms with Gasteiger partial charge in [0.05, 0.1) is 6.10 Å². The minimum atomic E-state index is -0.702. The van der Waals surface area contributed by atoms with Crippen molar-refractivity contribution in [2.45, 2.75) is 19.4 Å². The smallest absolute Gasteiger partial charge is 0.123 e. The first-order chi connectivity index (χ1) is 8.13. The zero-order valence-electron chi connectivity index (χ0n) is 10.1. The summed E-state index contributed by atoms with van der Waals surface area (Å²) < 4.78 is 12.9. The number of aliphatic hydroxyl groups excluding tert-OH is 2. The molecule has 3 N–H and O–H groups in total. The van der Waals surface area contributed by atoms with E-state index in [1.807, 2.05) is 6.92 Å². The second-order valence-electron chi connectivity index (χ2n) is 4.35. The molecule has 0 spiro atoms. The number of aliphatic hydroxyl groups is 2. The normalized spacial score (nSPS) is 14.6. The van der Waals surface area contributed by atoms with Crippen molar-refractivity contribution in [2.24, 2.45) is 5.92 Å². The van der Waals surface area contributed by atoms with Crippen LogP contribution in [0.4, 0.5) is 4.39 Å². The van der Waals surface area contributed by atoms with E-state index < -0.39 is 6.10 Å². The third-order valence-corrected chi connectivity index (χ3v) is 2.69. The molecule has 0 fully saturated rings. The third kappa shape index (κ3) is 5.26. The minimum absolute atomic E-state index is 0.176. The summed E-state index contributed by atoms with van der Waals surface area (Å²) in [5.41, 5.74) is 0.576. The molecule has 0 aromatic heterocycles. The zero-order chi connectivity index (χ0) is 12.7. The first-order valence-corrected chi connectivity index (χ1v) is 5.88. The monoisotopic (exact) mass is 241 g/mol. The predicted octanol–water partition coefficient (Wildman–Crippen LogP) is 1.47. The zero-order valence-corrected chi connectivity index (χ0v) is 10.1. The Labute approximate surface area is 101 Å². The van der Waals surface area contributed by atoms with Crippen LogP contribution >= 0.6 is 0 Å². The third-order valence-electron chi connectivity index (χ3n) is 2.69. The maximum atomic E-state index is 12.9. The highest BCUT2D eigenvalue weighted by Gasteiger charge is 2.08. The highest BCUT2D eigenvalue weighted by Crippen LogP contribution is 2.13. The van der Waals surface area contributed by atoms with E-state index in [9.17, 15) is 9.50 Å². The molecule has 0 saturated carbocycles. The van der Waals surface area contributed by atoms with Gasteiger partial charge in [0.25, 0.3) is 0 Å². The minimum Gasteiger partial charge on any atom is -0.396 e. The van der Waals surface area contributed by atoms with Crippen LogP contribution in [0.1, 0.15) is 25.0 Å². The van der Waals surface area contributed by atoms with Crippen LogP contribution in [-0.2, 0) is 0 Å². The number of halogens is 1. The van der Waals surface area contributed by atoms with Gasteiger partial charge in [0.15, 0.2) is 0 Å². The standard InChI is InChI=1S/C13H20FNO2/c1-10(5-6-16)8-15-9-13(17)11-3-2-4-12(14)7-11/h2-4,7,10,13,15-17H,5-6,8-9H2,1H3. The average molecular weight is 241 g/mol. The molecule has 0 heterocycles. The van der Waals surface area contributed by atoms with E-state index >= 15 is 0 Å². The fraction of sp³-hybridized carbons (Fsp3) is 0.538. The van der Waals surface area contributed by atoms with Crippen molar-refractivity contribution in [2.75, 3.05) is 19.7 Å². The summed E-state index contributed by atoms with van der Waals surface area (Å²) >= 11 is 0. The molecule has 1 rings (SSSR count). The molecule has 3 nitrogen and oxygen atoms in total. The first-order valence-electron chi connectivity index (χ1n) is 5.88. The van der Waals surface area contributed by atoms with Crippen molar-refractivity contribution in [1.82, 2.24) is 5.32 Å². The van der Waals surface area contributed by atoms with Gasteiger partial charge < -0.3 is 15.5 Å². The van der Waals surface area contributed by atoms with E-state index in [0.29, 0.717) is 18.0 Å². The van der Waals surface area contributed by atoms with E-state index in [4.69, 9.17) is 5.11 Å². The molecule has 0 bridgehead atoms. The largest absolute Gasteiger partial charge is 0.396 e. The Kier molecular flexibility index (Phi) is 6.11. The Morgan fingerprint density at radius 1 is 1.35 bits per heavy atom. The maximum absolute atomic E-state index is 12.9. The number of hydrogen-bond acceptors (Lipinski definition) is 3. The number of rotatable bonds is 7. The van der Waals surface area contributed by atoms with Crippen molar-refractivity contribution in [3.8, 4) is 0 Å². The van der Waals surface area contributed by atoms with Gasteiger partial charge in [0, 0.05) is 13.2 Å². The lowest BCUT2D eigenvalue weighted by atomic mass is 10.1. The van der Waals surface area contributed by atoms with Gasteiger partial charge in [-0.3, -0.25) is 0 Å². The van der Waals surface area contributed by atoms with Crippen molar-refractivity contribution in [1.29, 1.82) is 0 Å². The van der Waals surface area contributed by atoms with Gasteiger partial charge in [-0.2, -0.15) is 0 Å². The molecular weight excluding hydrogens is 221 g/mol. The molecule has 2 unspecified atom stereocenters. The van der Waals surface area contributed by atoms with E-state index in [1.54, 1.807) is 12.1 Å². The average Bonchev–Trinajstić information content (AvgIpc) is 2.29. The predicted molar refractivity (Wildman–Crippen MR) is 65.1 cm³/mol. The van der Waals surface area contributed by atoms with Crippen LogP contribution in [0.25, 0.3) is 0 Å². The Balaban J connectivity index is 2.32. The van der Waals surface area contributed by atoms with Crippen LogP contribution in [0.2, 0.25) is 0 Å². The van der Waals surface area contributed by atoms with Gasteiger partial charge in [-0.05, 0) is 36.6 Å². The Bertz CT molecular complexity index is 333. The lowest BCUT2D eigenvalue weighted by Crippen LogP contribution is -2.26. The fourth-order valence-electron chi connectivity index (χ4n) is 1.62. The van der Waals surface area contributed by atoms with Gasteiger partial charge in [-0.15, -0.1) is 0 Å². The molecule has 96 valence electrons. The SMILES string of the molecule is CC(CCO)CNCC(O)c1cccc(F)c1. The van der Waals surface area contributed by atoms with Crippen molar-refractivity contribution < 1.29 is 14.6 Å². The molecule has 0 aliphatic heterocycles. The summed E-state index contributed by atoms with van der Waals surface area (Å²) in [6.45, 7) is 3.32. The van der Waals surface area contributed by atoms with Gasteiger partial charge in [-0.25, -0.2) is 4.39 Å². The lowest BCUT2D eigenvalue weighted by Gasteiger charge is -2.15. The highest BCUT2D eigenvalue weighted by molar-refractivity contribution is 5.18. The van der Waals surface area contributed by atoms with E-state index in [2.05, 4.69) is 5.32 Å². The number of hydrogen-bond donors (Lipinski definition) is 3. The molecule has 4 heteroatoms. The molecule has 1 aromatic carbocycles. The molecule has 0 saturated heterocycles. The Morgan fingerprint density at radius 2 is 2.12 bits per heavy atom. The molecular formula is C13H20FNO2. The first kappa shape index (κ1) is 14.1. The fourth-order valence-corrected chi connectivity index (χ4v) is 1.62. The molecule has 0 aliphatic carbocycles. The summed E-state index contributed by atoms with van der Waals surface area (Å²) in [5, 5.41) is 21.6. The van der Waals surface area contributed by atoms with Crippen LogP contribution in [0.3, 0.4) is 0 Å². The van der Waals surface area contributed by atoms with E-state index in [0.717, 1.165) is 13.0 Å². The maximum Gasteiger partial charge on any atom is 0.123 e. The molecule has 0 amide bonds. The van der Waals surface area contributed by atoms with E-state index in [1.165, 1.54) is 12.1 Å². The number of benzene rings is 1. The Morgan fingerprint density at radius 3 is 2.76 bits per heavy atom. The van der Waals surface area contributed by atoms with Gasteiger partial charge in [0.1, 0.15) is 5.82 Å². The molecule has 2 atom stereocenters. The summed E-state index contributed by atoms with van der Waals surface area (Å²) in [4.78, 5) is 0. The second-order valence-corrected chi connectivity index (χ2v) is 4.35. The molecule has 17 heavy (non-hydrogen) atoms. The quantitative estimate of drug-likeness (QED) is 0.677. The van der Waals surface area contributed by atoms with Crippen LogP contribution < -0.4 is 5.32 Å². The van der Waals surface area contributed by atoms with Gasteiger partial charge >= 0.3 is 0 Å². The van der Waals surface area contributed by atoms with Crippen molar-refractivity contribution in [3.05, 3.63) is 35.6 Å². The second kappa shape index (κ2) is 7.37. The summed E-state index contributed by atoms with van der Waals surface area (Å²) in [5.74, 6) is 0.0231. The summed E-state index contributed by atoms with van der Waals surface area (Å²) in [7, 11) is 0. The van der Waals surface area contributed by atoms with Gasteiger partial charge in [0.2, 0.25) is 0 Å². The number of nitrogens with one attached hydrogen (secondary N) is 1. The topological polar surface area (TPSA) is 52.5 Å². The Hall–Kier alpha value is -0.970. The van der Waals surface area contributed by atoms with Crippen LogP contribution in [0.5, 0.6) is 0 Å². The van der Waals surface area contributed by atoms with Crippen molar-refractivity contribution in [3.63, 3.8) is 0 Å². The molecule has 1 aromatic rings. The highest BCUT2D eigenvalue weighted by atomic mass is 19.1. The van der Waals surface area contributed by atoms with E-state index in [-0.39, 0.29) is 12.4 Å².